The van der Waals surface area contributed by atoms with Crippen LogP contribution in [0.5, 0.6) is 0 Å². The van der Waals surface area contributed by atoms with Crippen molar-refractivity contribution in [3.63, 3.8) is 0 Å². The Kier molecular flexibility index (Phi) is 10.0. The molecule has 0 aromatic rings. The summed E-state index contributed by atoms with van der Waals surface area (Å²) in [5, 5.41) is 3.06. The van der Waals surface area contributed by atoms with Crippen molar-refractivity contribution in [1.82, 2.24) is 5.32 Å². The van der Waals surface area contributed by atoms with Crippen LogP contribution in [-0.2, 0) is 14.3 Å². The molecule has 0 radical (unpaired) electrons. The molecule has 0 fully saturated rings. The molecule has 4 heteroatoms. The number of nitrogens with one attached hydrogen (secondary N) is 1. The van der Waals surface area contributed by atoms with E-state index in [0.29, 0.717) is 26.2 Å². The van der Waals surface area contributed by atoms with E-state index in [4.69, 9.17) is 9.47 Å². The molecule has 0 aliphatic rings. The lowest BCUT2D eigenvalue weighted by atomic mass is 10.4. The SMILES string of the molecule is CCCOCCOC(=O)CCNCC. The highest BCUT2D eigenvalue weighted by molar-refractivity contribution is 5.69. The fourth-order valence-electron chi connectivity index (χ4n) is 0.900. The molecule has 0 atom stereocenters. The largest absolute Gasteiger partial charge is 0.463 e. The van der Waals surface area contributed by atoms with Gasteiger partial charge in [-0.15, -0.1) is 0 Å². The van der Waals surface area contributed by atoms with Crippen molar-refractivity contribution < 1.29 is 14.3 Å². The van der Waals surface area contributed by atoms with Crippen LogP contribution in [-0.4, -0.2) is 38.9 Å². The van der Waals surface area contributed by atoms with Gasteiger partial charge in [0.2, 0.25) is 0 Å². The van der Waals surface area contributed by atoms with Gasteiger partial charge in [0.25, 0.3) is 0 Å². The molecule has 14 heavy (non-hydrogen) atoms. The predicted octanol–water partition coefficient (Wildman–Crippen LogP) is 0.956. The van der Waals surface area contributed by atoms with Gasteiger partial charge in [0.05, 0.1) is 13.0 Å². The normalized spacial score (nSPS) is 10.1. The zero-order chi connectivity index (χ0) is 10.6. The first-order valence-electron chi connectivity index (χ1n) is 5.25. The fraction of sp³-hybridized carbons (Fsp3) is 0.900. The minimum absolute atomic E-state index is 0.161. The van der Waals surface area contributed by atoms with Gasteiger partial charge in [-0.05, 0) is 13.0 Å². The maximum atomic E-state index is 11.0. The Bertz CT molecular complexity index is 139. The molecule has 0 aromatic carbocycles. The van der Waals surface area contributed by atoms with E-state index in [1.807, 2.05) is 13.8 Å². The van der Waals surface area contributed by atoms with Gasteiger partial charge in [0, 0.05) is 13.2 Å². The molecule has 0 aromatic heterocycles. The second kappa shape index (κ2) is 10.5. The van der Waals surface area contributed by atoms with Gasteiger partial charge in [-0.3, -0.25) is 4.79 Å². The molecule has 1 N–H and O–H groups in total. The zero-order valence-electron chi connectivity index (χ0n) is 9.17. The second-order valence-corrected chi connectivity index (χ2v) is 2.94. The number of hydrogen-bond acceptors (Lipinski definition) is 4. The molecule has 0 amide bonds. The van der Waals surface area contributed by atoms with Crippen LogP contribution in [0.2, 0.25) is 0 Å². The van der Waals surface area contributed by atoms with Crippen LogP contribution in [0, 0.1) is 0 Å². The Morgan fingerprint density at radius 1 is 1.21 bits per heavy atom. The zero-order valence-corrected chi connectivity index (χ0v) is 9.17. The predicted molar refractivity (Wildman–Crippen MR) is 55.2 cm³/mol. The van der Waals surface area contributed by atoms with Crippen LogP contribution in [0.4, 0.5) is 0 Å². The first-order chi connectivity index (χ1) is 6.81. The van der Waals surface area contributed by atoms with Gasteiger partial charge in [-0.1, -0.05) is 13.8 Å². The molecule has 0 heterocycles. The van der Waals surface area contributed by atoms with Crippen molar-refractivity contribution in [3.8, 4) is 0 Å². The van der Waals surface area contributed by atoms with Crippen LogP contribution in [0.15, 0.2) is 0 Å². The Labute approximate surface area is 86.0 Å². The number of carbonyl (C=O) groups excluding carboxylic acids is 1. The molecular formula is C10H21NO3. The number of rotatable bonds is 9. The van der Waals surface area contributed by atoms with Gasteiger partial charge < -0.3 is 14.8 Å². The van der Waals surface area contributed by atoms with Crippen molar-refractivity contribution >= 4 is 5.97 Å². The van der Waals surface area contributed by atoms with E-state index in [9.17, 15) is 4.79 Å². The first kappa shape index (κ1) is 13.4. The van der Waals surface area contributed by atoms with E-state index < -0.39 is 0 Å². The average molecular weight is 203 g/mol. The lowest BCUT2D eigenvalue weighted by molar-refractivity contribution is -0.145. The molecule has 0 spiro atoms. The Morgan fingerprint density at radius 2 is 2.00 bits per heavy atom. The standard InChI is InChI=1S/C10H21NO3/c1-3-7-13-8-9-14-10(12)5-6-11-4-2/h11H,3-9H2,1-2H3. The van der Waals surface area contributed by atoms with Gasteiger partial charge in [0.1, 0.15) is 6.61 Å². The summed E-state index contributed by atoms with van der Waals surface area (Å²) in [5.41, 5.74) is 0. The van der Waals surface area contributed by atoms with Gasteiger partial charge in [-0.25, -0.2) is 0 Å². The van der Waals surface area contributed by atoms with Crippen LogP contribution >= 0.6 is 0 Å². The molecule has 0 aliphatic heterocycles. The number of carbonyl (C=O) groups is 1. The fourth-order valence-corrected chi connectivity index (χ4v) is 0.900. The summed E-state index contributed by atoms with van der Waals surface area (Å²) in [5.74, 6) is -0.161. The molecule has 0 rings (SSSR count). The Hall–Kier alpha value is -0.610. The summed E-state index contributed by atoms with van der Waals surface area (Å²) in [4.78, 5) is 11.0. The van der Waals surface area contributed by atoms with E-state index >= 15 is 0 Å². The van der Waals surface area contributed by atoms with Crippen LogP contribution < -0.4 is 5.32 Å². The van der Waals surface area contributed by atoms with E-state index in [-0.39, 0.29) is 5.97 Å². The van der Waals surface area contributed by atoms with Crippen molar-refractivity contribution in [2.45, 2.75) is 26.7 Å². The average Bonchev–Trinajstić information content (AvgIpc) is 2.18. The van der Waals surface area contributed by atoms with Crippen LogP contribution in [0.1, 0.15) is 26.7 Å². The summed E-state index contributed by atoms with van der Waals surface area (Å²) in [6.07, 6.45) is 1.43. The summed E-state index contributed by atoms with van der Waals surface area (Å²) in [6, 6.07) is 0. The third-order valence-corrected chi connectivity index (χ3v) is 1.60. The highest BCUT2D eigenvalue weighted by Gasteiger charge is 2.00. The molecule has 0 saturated carbocycles. The summed E-state index contributed by atoms with van der Waals surface area (Å²) in [6.45, 7) is 7.21. The van der Waals surface area contributed by atoms with Crippen molar-refractivity contribution in [2.75, 3.05) is 32.9 Å². The van der Waals surface area contributed by atoms with E-state index in [2.05, 4.69) is 5.32 Å². The maximum Gasteiger partial charge on any atom is 0.307 e. The smallest absolute Gasteiger partial charge is 0.307 e. The summed E-state index contributed by atoms with van der Waals surface area (Å²) >= 11 is 0. The number of ether oxygens (including phenoxy) is 2. The van der Waals surface area contributed by atoms with Gasteiger partial charge in [-0.2, -0.15) is 0 Å². The summed E-state index contributed by atoms with van der Waals surface area (Å²) < 4.78 is 10.1. The first-order valence-corrected chi connectivity index (χ1v) is 5.25. The highest BCUT2D eigenvalue weighted by Crippen LogP contribution is 1.86. The number of hydrogen-bond donors (Lipinski definition) is 1. The topological polar surface area (TPSA) is 47.6 Å². The molecule has 84 valence electrons. The highest BCUT2D eigenvalue weighted by atomic mass is 16.6. The molecule has 4 nitrogen and oxygen atoms in total. The van der Waals surface area contributed by atoms with Crippen molar-refractivity contribution in [3.05, 3.63) is 0 Å². The molecule has 0 saturated heterocycles. The molecular weight excluding hydrogens is 182 g/mol. The Balaban J connectivity index is 3.10. The quantitative estimate of drug-likeness (QED) is 0.448. The third-order valence-electron chi connectivity index (χ3n) is 1.60. The summed E-state index contributed by atoms with van der Waals surface area (Å²) in [7, 11) is 0. The van der Waals surface area contributed by atoms with Crippen LogP contribution in [0.25, 0.3) is 0 Å². The maximum absolute atomic E-state index is 11.0. The molecule has 0 aliphatic carbocycles. The number of esters is 1. The lowest BCUT2D eigenvalue weighted by Gasteiger charge is -2.05. The van der Waals surface area contributed by atoms with Crippen molar-refractivity contribution in [2.24, 2.45) is 0 Å². The minimum atomic E-state index is -0.161. The van der Waals surface area contributed by atoms with E-state index in [1.165, 1.54) is 0 Å². The lowest BCUT2D eigenvalue weighted by Crippen LogP contribution is -2.19. The van der Waals surface area contributed by atoms with E-state index in [1.54, 1.807) is 0 Å². The van der Waals surface area contributed by atoms with Crippen molar-refractivity contribution in [1.29, 1.82) is 0 Å². The van der Waals surface area contributed by atoms with E-state index in [0.717, 1.165) is 19.6 Å². The third kappa shape index (κ3) is 9.48. The Morgan fingerprint density at radius 3 is 2.64 bits per heavy atom. The monoisotopic (exact) mass is 203 g/mol. The molecule has 0 unspecified atom stereocenters. The van der Waals surface area contributed by atoms with Gasteiger partial charge in [0.15, 0.2) is 0 Å². The van der Waals surface area contributed by atoms with Gasteiger partial charge >= 0.3 is 5.97 Å². The van der Waals surface area contributed by atoms with Crippen LogP contribution in [0.3, 0.4) is 0 Å². The molecule has 0 bridgehead atoms. The minimum Gasteiger partial charge on any atom is -0.463 e. The second-order valence-electron chi connectivity index (χ2n) is 2.94.